The maximum Gasteiger partial charge on any atom is 0.288 e. The number of nitrogens with one attached hydrogen (secondary N) is 1. The number of amides is 1. The van der Waals surface area contributed by atoms with Crippen molar-refractivity contribution in [1.29, 1.82) is 0 Å². The van der Waals surface area contributed by atoms with Gasteiger partial charge in [0.25, 0.3) is 11.7 Å². The standard InChI is InChI=1S/C23H18F2N4O2S/c1-15-26-20(29-12-4-5-13-29)14-21(27-15)31-17-10-8-16(9-11-17)28-22(30)18-6-2-3-7-19(18)32-23(24)25/h2-14,23H,1H3,(H,28,30). The minimum atomic E-state index is -2.61. The van der Waals surface area contributed by atoms with Crippen LogP contribution in [0.2, 0.25) is 0 Å². The van der Waals surface area contributed by atoms with Crippen molar-refractivity contribution in [3.63, 3.8) is 0 Å². The van der Waals surface area contributed by atoms with Crippen molar-refractivity contribution in [3.8, 4) is 17.4 Å². The predicted molar refractivity (Wildman–Crippen MR) is 119 cm³/mol. The van der Waals surface area contributed by atoms with Gasteiger partial charge in [0.05, 0.1) is 5.56 Å². The van der Waals surface area contributed by atoms with Gasteiger partial charge < -0.3 is 14.6 Å². The van der Waals surface area contributed by atoms with E-state index < -0.39 is 11.7 Å². The average molecular weight is 452 g/mol. The Bertz CT molecular complexity index is 1220. The van der Waals surface area contributed by atoms with Crippen LogP contribution in [-0.2, 0) is 0 Å². The summed E-state index contributed by atoms with van der Waals surface area (Å²) in [5, 5.41) is 2.72. The summed E-state index contributed by atoms with van der Waals surface area (Å²) in [6.07, 6.45) is 3.75. The number of ether oxygens (including phenoxy) is 1. The first kappa shape index (κ1) is 21.5. The van der Waals surface area contributed by atoms with Gasteiger partial charge in [-0.1, -0.05) is 23.9 Å². The molecule has 0 unspecified atom stereocenters. The van der Waals surface area contributed by atoms with Gasteiger partial charge in [0.1, 0.15) is 17.4 Å². The topological polar surface area (TPSA) is 69.0 Å². The number of nitrogens with zero attached hydrogens (tertiary/aromatic N) is 3. The van der Waals surface area contributed by atoms with Crippen LogP contribution in [0.3, 0.4) is 0 Å². The number of anilines is 1. The van der Waals surface area contributed by atoms with Gasteiger partial charge in [-0.05, 0) is 55.5 Å². The molecule has 0 spiro atoms. The highest BCUT2D eigenvalue weighted by Gasteiger charge is 2.15. The fourth-order valence-electron chi connectivity index (χ4n) is 2.98. The van der Waals surface area contributed by atoms with E-state index in [9.17, 15) is 13.6 Å². The number of hydrogen-bond donors (Lipinski definition) is 1. The van der Waals surface area contributed by atoms with Crippen LogP contribution in [0.15, 0.2) is 84.0 Å². The molecule has 6 nitrogen and oxygen atoms in total. The maximum absolute atomic E-state index is 12.8. The Morgan fingerprint density at radius 1 is 1.03 bits per heavy atom. The van der Waals surface area contributed by atoms with E-state index in [0.29, 0.717) is 40.7 Å². The zero-order valence-corrected chi connectivity index (χ0v) is 17.7. The lowest BCUT2D eigenvalue weighted by molar-refractivity contribution is 0.102. The summed E-state index contributed by atoms with van der Waals surface area (Å²) in [5.41, 5.74) is 0.693. The van der Waals surface area contributed by atoms with Crippen molar-refractivity contribution in [2.75, 3.05) is 5.32 Å². The molecule has 0 aliphatic rings. The first-order chi connectivity index (χ1) is 15.5. The molecule has 0 atom stereocenters. The molecule has 0 saturated heterocycles. The van der Waals surface area contributed by atoms with Gasteiger partial charge >= 0.3 is 0 Å². The van der Waals surface area contributed by atoms with Gasteiger partial charge in [-0.15, -0.1) is 0 Å². The molecule has 0 bridgehead atoms. The van der Waals surface area contributed by atoms with Crippen molar-refractivity contribution in [2.45, 2.75) is 17.6 Å². The Labute approximate surface area is 187 Å². The second-order valence-corrected chi connectivity index (χ2v) is 7.69. The third kappa shape index (κ3) is 5.30. The fraction of sp³-hybridized carbons (Fsp3) is 0.0870. The summed E-state index contributed by atoms with van der Waals surface area (Å²) in [6.45, 7) is 1.78. The third-order valence-corrected chi connectivity index (χ3v) is 5.14. The van der Waals surface area contributed by atoms with E-state index in [1.165, 1.54) is 12.1 Å². The molecule has 1 N–H and O–H groups in total. The molecule has 2 aromatic carbocycles. The monoisotopic (exact) mass is 452 g/mol. The van der Waals surface area contributed by atoms with Crippen molar-refractivity contribution >= 4 is 23.4 Å². The molecule has 0 fully saturated rings. The molecular formula is C23H18F2N4O2S. The lowest BCUT2D eigenvalue weighted by atomic mass is 10.2. The van der Waals surface area contributed by atoms with Crippen molar-refractivity contribution in [2.24, 2.45) is 0 Å². The molecule has 2 aromatic heterocycles. The zero-order valence-electron chi connectivity index (χ0n) is 16.9. The maximum atomic E-state index is 12.8. The van der Waals surface area contributed by atoms with Crippen LogP contribution < -0.4 is 10.1 Å². The molecule has 0 saturated carbocycles. The van der Waals surface area contributed by atoms with Crippen molar-refractivity contribution < 1.29 is 18.3 Å². The number of carbonyl (C=O) groups excluding carboxylic acids is 1. The summed E-state index contributed by atoms with van der Waals surface area (Å²) >= 11 is 0.341. The molecule has 32 heavy (non-hydrogen) atoms. The number of hydrogen-bond acceptors (Lipinski definition) is 5. The van der Waals surface area contributed by atoms with E-state index in [2.05, 4.69) is 15.3 Å². The Kier molecular flexibility index (Phi) is 6.46. The van der Waals surface area contributed by atoms with Crippen LogP contribution >= 0.6 is 11.8 Å². The SMILES string of the molecule is Cc1nc(Oc2ccc(NC(=O)c3ccccc3SC(F)F)cc2)cc(-n2cccc2)n1. The minimum absolute atomic E-state index is 0.187. The predicted octanol–water partition coefficient (Wildman–Crippen LogP) is 5.94. The summed E-state index contributed by atoms with van der Waals surface area (Å²) in [4.78, 5) is 21.5. The van der Waals surface area contributed by atoms with E-state index in [-0.39, 0.29) is 10.5 Å². The fourth-order valence-corrected chi connectivity index (χ4v) is 3.61. The average Bonchev–Trinajstić information content (AvgIpc) is 3.30. The van der Waals surface area contributed by atoms with E-state index >= 15 is 0 Å². The number of aromatic nitrogens is 3. The molecule has 0 aliphatic carbocycles. The Morgan fingerprint density at radius 2 is 1.75 bits per heavy atom. The van der Waals surface area contributed by atoms with E-state index in [4.69, 9.17) is 4.74 Å². The molecule has 2 heterocycles. The van der Waals surface area contributed by atoms with Gasteiger partial charge in [0, 0.05) is 29.0 Å². The number of halogens is 2. The number of thioether (sulfide) groups is 1. The second-order valence-electron chi connectivity index (χ2n) is 6.66. The number of rotatable bonds is 7. The molecule has 162 valence electrons. The van der Waals surface area contributed by atoms with Gasteiger partial charge in [-0.25, -0.2) is 4.98 Å². The molecule has 0 radical (unpaired) electrons. The smallest absolute Gasteiger partial charge is 0.288 e. The highest BCUT2D eigenvalue weighted by molar-refractivity contribution is 7.99. The van der Waals surface area contributed by atoms with Crippen LogP contribution in [0, 0.1) is 6.92 Å². The van der Waals surface area contributed by atoms with Gasteiger partial charge in [0.15, 0.2) is 0 Å². The second kappa shape index (κ2) is 9.61. The van der Waals surface area contributed by atoms with Gasteiger partial charge in [0.2, 0.25) is 5.88 Å². The Morgan fingerprint density at radius 3 is 2.47 bits per heavy atom. The first-order valence-corrected chi connectivity index (χ1v) is 10.5. The van der Waals surface area contributed by atoms with Gasteiger partial charge in [-0.2, -0.15) is 13.8 Å². The summed E-state index contributed by atoms with van der Waals surface area (Å²) in [7, 11) is 0. The zero-order chi connectivity index (χ0) is 22.5. The van der Waals surface area contributed by atoms with Crippen LogP contribution in [0.25, 0.3) is 5.82 Å². The van der Waals surface area contributed by atoms with Crippen molar-refractivity contribution in [3.05, 3.63) is 90.5 Å². The third-order valence-electron chi connectivity index (χ3n) is 4.35. The van der Waals surface area contributed by atoms with Crippen molar-refractivity contribution in [1.82, 2.24) is 14.5 Å². The Balaban J connectivity index is 1.46. The highest BCUT2D eigenvalue weighted by atomic mass is 32.2. The summed E-state index contributed by atoms with van der Waals surface area (Å²) in [5.74, 6) is -0.921. The quantitative estimate of drug-likeness (QED) is 0.352. The minimum Gasteiger partial charge on any atom is -0.439 e. The first-order valence-electron chi connectivity index (χ1n) is 9.60. The molecule has 4 aromatic rings. The van der Waals surface area contributed by atoms with Crippen LogP contribution in [0.1, 0.15) is 16.2 Å². The Hall–Kier alpha value is -3.72. The lowest BCUT2D eigenvalue weighted by Gasteiger charge is -2.11. The number of aryl methyl sites for hydroxylation is 1. The molecular weight excluding hydrogens is 434 g/mol. The molecule has 1 amide bonds. The van der Waals surface area contributed by atoms with Gasteiger partial charge in [-0.3, -0.25) is 4.79 Å². The molecule has 9 heteroatoms. The number of carbonyl (C=O) groups is 1. The van der Waals surface area contributed by atoms with Crippen LogP contribution in [0.5, 0.6) is 11.6 Å². The van der Waals surface area contributed by atoms with Crippen LogP contribution in [0.4, 0.5) is 14.5 Å². The van der Waals surface area contributed by atoms with E-state index in [1.807, 2.05) is 29.1 Å². The lowest BCUT2D eigenvalue weighted by Crippen LogP contribution is -2.13. The van der Waals surface area contributed by atoms with E-state index in [0.717, 1.165) is 0 Å². The largest absolute Gasteiger partial charge is 0.439 e. The van der Waals surface area contributed by atoms with E-state index in [1.54, 1.807) is 49.4 Å². The highest BCUT2D eigenvalue weighted by Crippen LogP contribution is 2.29. The molecule has 0 aliphatic heterocycles. The summed E-state index contributed by atoms with van der Waals surface area (Å²) in [6, 6.07) is 18.5. The number of alkyl halides is 2. The van der Waals surface area contributed by atoms with Crippen LogP contribution in [-0.4, -0.2) is 26.2 Å². The normalized spacial score (nSPS) is 10.9. The molecule has 4 rings (SSSR count). The number of benzene rings is 2. The summed E-state index contributed by atoms with van der Waals surface area (Å²) < 4.78 is 33.2.